The Morgan fingerprint density at radius 1 is 0.967 bits per heavy atom. The molecule has 1 aliphatic rings. The molecule has 5 nitrogen and oxygen atoms in total. The number of nitrogens with one attached hydrogen (secondary N) is 1. The molecule has 3 aromatic rings. The molecule has 156 valence electrons. The van der Waals surface area contributed by atoms with E-state index in [1.165, 1.54) is 6.07 Å². The minimum atomic E-state index is -2.97. The quantitative estimate of drug-likeness (QED) is 0.611. The van der Waals surface area contributed by atoms with Gasteiger partial charge in [0.1, 0.15) is 23.5 Å². The maximum Gasteiger partial charge on any atom is 0.388 e. The first-order valence-corrected chi connectivity index (χ1v) is 9.23. The summed E-state index contributed by atoms with van der Waals surface area (Å²) < 4.78 is 61.6. The molecule has 0 saturated heterocycles. The summed E-state index contributed by atoms with van der Waals surface area (Å²) >= 11 is 0. The van der Waals surface area contributed by atoms with Gasteiger partial charge in [0.15, 0.2) is 0 Å². The lowest BCUT2D eigenvalue weighted by atomic mass is 9.97. The number of alkyl halides is 2. The fourth-order valence-corrected chi connectivity index (χ4v) is 3.36. The van der Waals surface area contributed by atoms with Crippen molar-refractivity contribution in [3.05, 3.63) is 71.3 Å². The second-order valence-electron chi connectivity index (χ2n) is 6.73. The highest BCUT2D eigenvalue weighted by molar-refractivity contribution is 5.61. The van der Waals surface area contributed by atoms with Crippen molar-refractivity contribution in [1.82, 2.24) is 15.5 Å². The van der Waals surface area contributed by atoms with Gasteiger partial charge in [-0.2, -0.15) is 8.78 Å². The van der Waals surface area contributed by atoms with E-state index in [2.05, 4.69) is 20.3 Å². The topological polar surface area (TPSA) is 56.3 Å². The Labute approximate surface area is 169 Å². The van der Waals surface area contributed by atoms with Gasteiger partial charge >= 0.3 is 6.61 Å². The minimum absolute atomic E-state index is 0.120. The van der Waals surface area contributed by atoms with Gasteiger partial charge in [-0.25, -0.2) is 8.78 Å². The number of benzene rings is 2. The molecule has 1 N–H and O–H groups in total. The molecule has 0 saturated carbocycles. The van der Waals surface area contributed by atoms with Gasteiger partial charge < -0.3 is 14.8 Å². The Morgan fingerprint density at radius 3 is 2.47 bits per heavy atom. The van der Waals surface area contributed by atoms with Crippen molar-refractivity contribution in [2.45, 2.75) is 25.7 Å². The van der Waals surface area contributed by atoms with Gasteiger partial charge in [-0.05, 0) is 29.8 Å². The van der Waals surface area contributed by atoms with Crippen LogP contribution in [-0.4, -0.2) is 23.4 Å². The molecular weight excluding hydrogens is 402 g/mol. The second-order valence-corrected chi connectivity index (χ2v) is 6.73. The summed E-state index contributed by atoms with van der Waals surface area (Å²) in [4.78, 5) is 0. The van der Waals surface area contributed by atoms with Crippen LogP contribution in [0.25, 0.3) is 11.3 Å². The average molecular weight is 419 g/mol. The van der Waals surface area contributed by atoms with Crippen LogP contribution in [0.5, 0.6) is 11.6 Å². The van der Waals surface area contributed by atoms with Crippen molar-refractivity contribution < 1.29 is 27.0 Å². The molecule has 0 radical (unpaired) electrons. The first-order valence-electron chi connectivity index (χ1n) is 9.23. The van der Waals surface area contributed by atoms with Crippen LogP contribution in [0.15, 0.2) is 48.5 Å². The Bertz CT molecular complexity index is 1010. The van der Waals surface area contributed by atoms with Crippen molar-refractivity contribution in [2.24, 2.45) is 0 Å². The lowest BCUT2D eigenvalue weighted by molar-refractivity contribution is -0.0534. The molecule has 0 bridgehead atoms. The van der Waals surface area contributed by atoms with E-state index in [1.54, 1.807) is 6.07 Å². The summed E-state index contributed by atoms with van der Waals surface area (Å²) in [7, 11) is 0. The number of hydrogen-bond acceptors (Lipinski definition) is 5. The lowest BCUT2D eigenvalue weighted by Crippen LogP contribution is -2.14. The molecule has 9 heteroatoms. The number of fused-ring (bicyclic) bond motifs is 1. The third kappa shape index (κ3) is 4.68. The Balaban J connectivity index is 1.59. The number of aromatic nitrogens is 2. The highest BCUT2D eigenvalue weighted by Crippen LogP contribution is 2.32. The highest BCUT2D eigenvalue weighted by Gasteiger charge is 2.21. The van der Waals surface area contributed by atoms with E-state index in [1.807, 2.05) is 18.2 Å². The molecule has 2 heterocycles. The van der Waals surface area contributed by atoms with Crippen LogP contribution in [0.3, 0.4) is 0 Å². The second kappa shape index (κ2) is 8.66. The fourth-order valence-electron chi connectivity index (χ4n) is 3.36. The third-order valence-corrected chi connectivity index (χ3v) is 4.65. The van der Waals surface area contributed by atoms with Gasteiger partial charge in [0.2, 0.25) is 5.88 Å². The molecule has 1 unspecified atom stereocenters. The first-order chi connectivity index (χ1) is 14.5. The molecule has 0 amide bonds. The first kappa shape index (κ1) is 20.1. The van der Waals surface area contributed by atoms with Gasteiger partial charge in [-0.15, -0.1) is 10.2 Å². The Kier molecular flexibility index (Phi) is 5.80. The maximum atomic E-state index is 13.5. The van der Waals surface area contributed by atoms with E-state index in [-0.39, 0.29) is 11.6 Å². The zero-order valence-corrected chi connectivity index (χ0v) is 15.6. The lowest BCUT2D eigenvalue weighted by Gasteiger charge is -2.20. The standard InChI is InChI=1S/C21H17F4N3O2/c22-14-8-15(23)10-16(9-14)29-19-5-6-26-11-13-7-12(1-2-17(13)19)18-3-4-20(28-27-18)30-21(24)25/h1-4,7-10,19,21,26H,5-6,11H2. The van der Waals surface area contributed by atoms with Crippen molar-refractivity contribution in [3.8, 4) is 22.9 Å². The molecule has 1 atom stereocenters. The maximum absolute atomic E-state index is 13.5. The number of ether oxygens (including phenoxy) is 2. The molecule has 0 aliphatic carbocycles. The molecule has 30 heavy (non-hydrogen) atoms. The Morgan fingerprint density at radius 2 is 1.77 bits per heavy atom. The summed E-state index contributed by atoms with van der Waals surface area (Å²) in [5.41, 5.74) is 3.05. The normalized spacial score (nSPS) is 16.1. The van der Waals surface area contributed by atoms with E-state index >= 15 is 0 Å². The van der Waals surface area contributed by atoms with E-state index in [0.717, 1.165) is 34.9 Å². The average Bonchev–Trinajstić information content (AvgIpc) is 2.89. The van der Waals surface area contributed by atoms with Crippen molar-refractivity contribution >= 4 is 0 Å². The van der Waals surface area contributed by atoms with Crippen LogP contribution < -0.4 is 14.8 Å². The van der Waals surface area contributed by atoms with Crippen LogP contribution >= 0.6 is 0 Å². The van der Waals surface area contributed by atoms with Gasteiger partial charge in [0, 0.05) is 42.8 Å². The monoisotopic (exact) mass is 419 g/mol. The number of nitrogens with zero attached hydrogens (tertiary/aromatic N) is 2. The van der Waals surface area contributed by atoms with Crippen molar-refractivity contribution in [2.75, 3.05) is 6.54 Å². The minimum Gasteiger partial charge on any atom is -0.485 e. The zero-order valence-electron chi connectivity index (χ0n) is 15.6. The molecule has 2 aromatic carbocycles. The zero-order chi connectivity index (χ0) is 21.1. The van der Waals surface area contributed by atoms with Gasteiger partial charge in [0.25, 0.3) is 0 Å². The number of rotatable bonds is 5. The van der Waals surface area contributed by atoms with E-state index in [0.29, 0.717) is 25.2 Å². The summed E-state index contributed by atoms with van der Waals surface area (Å²) in [6.45, 7) is -1.74. The van der Waals surface area contributed by atoms with Crippen LogP contribution in [0, 0.1) is 11.6 Å². The largest absolute Gasteiger partial charge is 0.485 e. The summed E-state index contributed by atoms with van der Waals surface area (Å²) in [6.07, 6.45) is 0.224. The predicted octanol–water partition coefficient (Wildman–Crippen LogP) is 4.64. The van der Waals surface area contributed by atoms with Crippen LogP contribution in [0.2, 0.25) is 0 Å². The van der Waals surface area contributed by atoms with Gasteiger partial charge in [-0.3, -0.25) is 0 Å². The third-order valence-electron chi connectivity index (χ3n) is 4.65. The molecule has 0 spiro atoms. The highest BCUT2D eigenvalue weighted by atomic mass is 19.3. The summed E-state index contributed by atoms with van der Waals surface area (Å²) in [6, 6.07) is 11.5. The fraction of sp³-hybridized carbons (Fsp3) is 0.238. The van der Waals surface area contributed by atoms with Gasteiger partial charge in [-0.1, -0.05) is 12.1 Å². The van der Waals surface area contributed by atoms with E-state index in [9.17, 15) is 17.6 Å². The van der Waals surface area contributed by atoms with Crippen LogP contribution in [0.1, 0.15) is 23.7 Å². The SMILES string of the molecule is Fc1cc(F)cc(OC2CCNCc3cc(-c4ccc(OC(F)F)nn4)ccc32)c1. The number of halogens is 4. The van der Waals surface area contributed by atoms with Crippen LogP contribution in [-0.2, 0) is 6.54 Å². The van der Waals surface area contributed by atoms with Gasteiger partial charge in [0.05, 0.1) is 5.69 Å². The predicted molar refractivity (Wildman–Crippen MR) is 100 cm³/mol. The van der Waals surface area contributed by atoms with Crippen molar-refractivity contribution in [3.63, 3.8) is 0 Å². The Hall–Kier alpha value is -3.20. The number of hydrogen-bond donors (Lipinski definition) is 1. The molecular formula is C21H17F4N3O2. The summed E-state index contributed by atoms with van der Waals surface area (Å²) in [5, 5.41) is 10.9. The van der Waals surface area contributed by atoms with Crippen molar-refractivity contribution in [1.29, 1.82) is 0 Å². The molecule has 0 fully saturated rings. The smallest absolute Gasteiger partial charge is 0.388 e. The summed E-state index contributed by atoms with van der Waals surface area (Å²) in [5.74, 6) is -1.55. The molecule has 1 aliphatic heterocycles. The van der Waals surface area contributed by atoms with E-state index in [4.69, 9.17) is 4.74 Å². The molecule has 1 aromatic heterocycles. The van der Waals surface area contributed by atoms with Crippen LogP contribution in [0.4, 0.5) is 17.6 Å². The van der Waals surface area contributed by atoms with E-state index < -0.39 is 24.3 Å². The molecule has 4 rings (SSSR count).